The maximum atomic E-state index is 13.5. The Morgan fingerprint density at radius 3 is 2.36 bits per heavy atom. The first-order valence-electron chi connectivity index (χ1n) is 11.5. The molecule has 1 aliphatic heterocycles. The van der Waals surface area contributed by atoms with Crippen molar-refractivity contribution in [3.8, 4) is 0 Å². The number of benzene rings is 3. The summed E-state index contributed by atoms with van der Waals surface area (Å²) in [6.45, 7) is 3.76. The molecule has 0 aromatic heterocycles. The highest BCUT2D eigenvalue weighted by molar-refractivity contribution is 6.07. The lowest BCUT2D eigenvalue weighted by atomic mass is 10.1. The van der Waals surface area contributed by atoms with Crippen LogP contribution in [-0.4, -0.2) is 31.1 Å². The van der Waals surface area contributed by atoms with E-state index in [1.54, 1.807) is 4.90 Å². The zero-order valence-corrected chi connectivity index (χ0v) is 19.0. The fourth-order valence-corrected chi connectivity index (χ4v) is 4.08. The van der Waals surface area contributed by atoms with Gasteiger partial charge in [0.15, 0.2) is 0 Å². The highest BCUT2D eigenvalue weighted by Crippen LogP contribution is 2.23. The third kappa shape index (κ3) is 6.08. The number of amides is 2. The van der Waals surface area contributed by atoms with Crippen molar-refractivity contribution in [2.24, 2.45) is 0 Å². The molecule has 170 valence electrons. The van der Waals surface area contributed by atoms with Gasteiger partial charge < -0.3 is 15.0 Å². The van der Waals surface area contributed by atoms with Gasteiger partial charge in [0.2, 0.25) is 5.91 Å². The molecule has 1 atom stereocenters. The first kappa shape index (κ1) is 22.7. The Labute approximate surface area is 195 Å². The largest absolute Gasteiger partial charge is 0.376 e. The molecular weight excluding hydrogens is 412 g/mol. The number of rotatable bonds is 8. The molecule has 33 heavy (non-hydrogen) atoms. The molecule has 0 radical (unpaired) electrons. The molecule has 1 saturated heterocycles. The minimum atomic E-state index is -0.0426. The zero-order chi connectivity index (χ0) is 23.0. The average Bonchev–Trinajstić information content (AvgIpc) is 3.36. The van der Waals surface area contributed by atoms with Crippen LogP contribution in [0.5, 0.6) is 0 Å². The fourth-order valence-electron chi connectivity index (χ4n) is 4.08. The van der Waals surface area contributed by atoms with E-state index in [-0.39, 0.29) is 17.9 Å². The van der Waals surface area contributed by atoms with E-state index in [1.807, 2.05) is 85.8 Å². The van der Waals surface area contributed by atoms with Gasteiger partial charge in [0, 0.05) is 24.4 Å². The molecule has 0 spiro atoms. The summed E-state index contributed by atoms with van der Waals surface area (Å²) in [6.07, 6.45) is 2.50. The van der Waals surface area contributed by atoms with Crippen molar-refractivity contribution in [2.45, 2.75) is 38.8 Å². The third-order valence-corrected chi connectivity index (χ3v) is 5.97. The van der Waals surface area contributed by atoms with E-state index in [4.69, 9.17) is 4.74 Å². The molecule has 0 unspecified atom stereocenters. The summed E-state index contributed by atoms with van der Waals surface area (Å²) in [7, 11) is 0. The van der Waals surface area contributed by atoms with E-state index in [0.29, 0.717) is 25.1 Å². The Kier molecular flexibility index (Phi) is 7.53. The van der Waals surface area contributed by atoms with Crippen molar-refractivity contribution in [2.75, 3.05) is 18.1 Å². The van der Waals surface area contributed by atoms with Crippen LogP contribution in [0.25, 0.3) is 0 Å². The van der Waals surface area contributed by atoms with E-state index in [9.17, 15) is 9.59 Å². The summed E-state index contributed by atoms with van der Waals surface area (Å²) in [4.78, 5) is 27.6. The Morgan fingerprint density at radius 2 is 1.67 bits per heavy atom. The van der Waals surface area contributed by atoms with E-state index in [1.165, 1.54) is 0 Å². The summed E-state index contributed by atoms with van der Waals surface area (Å²) in [5.41, 5.74) is 4.39. The number of hydrogen-bond acceptors (Lipinski definition) is 3. The van der Waals surface area contributed by atoms with Crippen LogP contribution in [0.3, 0.4) is 0 Å². The van der Waals surface area contributed by atoms with Crippen molar-refractivity contribution in [3.63, 3.8) is 0 Å². The first-order chi connectivity index (χ1) is 16.1. The predicted octanol–water partition coefficient (Wildman–Crippen LogP) is 4.68. The summed E-state index contributed by atoms with van der Waals surface area (Å²) in [6, 6.07) is 25.3. The van der Waals surface area contributed by atoms with Crippen LogP contribution in [0.2, 0.25) is 0 Å². The zero-order valence-electron chi connectivity index (χ0n) is 19.0. The maximum Gasteiger partial charge on any atom is 0.258 e. The van der Waals surface area contributed by atoms with Gasteiger partial charge in [-0.1, -0.05) is 60.7 Å². The number of carbonyl (C=O) groups excluding carboxylic acids is 2. The second-order valence-corrected chi connectivity index (χ2v) is 8.47. The number of anilines is 1. The van der Waals surface area contributed by atoms with Crippen LogP contribution in [0.4, 0.5) is 5.69 Å². The molecule has 5 heteroatoms. The lowest BCUT2D eigenvalue weighted by Crippen LogP contribution is -2.33. The number of nitrogens with zero attached hydrogens (tertiary/aromatic N) is 1. The summed E-state index contributed by atoms with van der Waals surface area (Å²) < 4.78 is 5.56. The third-order valence-electron chi connectivity index (χ3n) is 5.97. The fraction of sp³-hybridized carbons (Fsp3) is 0.286. The van der Waals surface area contributed by atoms with Crippen LogP contribution in [0.15, 0.2) is 78.9 Å². The molecule has 0 aliphatic carbocycles. The number of hydrogen-bond donors (Lipinski definition) is 1. The molecule has 0 bridgehead atoms. The van der Waals surface area contributed by atoms with Gasteiger partial charge >= 0.3 is 0 Å². The topological polar surface area (TPSA) is 58.6 Å². The minimum absolute atomic E-state index is 0.0182. The highest BCUT2D eigenvalue weighted by Gasteiger charge is 2.20. The molecule has 2 amide bonds. The molecule has 0 saturated carbocycles. The van der Waals surface area contributed by atoms with Gasteiger partial charge in [-0.15, -0.1) is 0 Å². The summed E-state index contributed by atoms with van der Waals surface area (Å²) in [5.74, 6) is -0.0608. The van der Waals surface area contributed by atoms with Gasteiger partial charge in [-0.2, -0.15) is 0 Å². The SMILES string of the molecule is Cc1ccccc1C(=O)N(Cc1ccccc1)c1ccc(CC(=O)NC[C@H]2CCCO2)cc1. The number of ether oxygens (including phenoxy) is 1. The number of nitrogens with one attached hydrogen (secondary N) is 1. The number of carbonyl (C=O) groups is 2. The Bertz CT molecular complexity index is 1070. The monoisotopic (exact) mass is 442 g/mol. The minimum Gasteiger partial charge on any atom is -0.376 e. The maximum absolute atomic E-state index is 13.5. The van der Waals surface area contributed by atoms with Crippen LogP contribution in [0, 0.1) is 6.92 Å². The molecule has 3 aromatic rings. The molecular formula is C28H30N2O3. The van der Waals surface area contributed by atoms with Crippen molar-refractivity contribution >= 4 is 17.5 Å². The normalized spacial score (nSPS) is 15.2. The Morgan fingerprint density at radius 1 is 0.939 bits per heavy atom. The smallest absolute Gasteiger partial charge is 0.258 e. The standard InChI is InChI=1S/C28H30N2O3/c1-21-8-5-6-12-26(21)28(32)30(20-23-9-3-2-4-10-23)24-15-13-22(14-16-24)18-27(31)29-19-25-11-7-17-33-25/h2-6,8-10,12-16,25H,7,11,17-20H2,1H3,(H,29,31)/t25-/m1/s1. The molecule has 1 N–H and O–H groups in total. The lowest BCUT2D eigenvalue weighted by Gasteiger charge is -2.24. The van der Waals surface area contributed by atoms with Crippen LogP contribution in [0.1, 0.15) is 39.9 Å². The average molecular weight is 443 g/mol. The van der Waals surface area contributed by atoms with Crippen molar-refractivity contribution in [1.82, 2.24) is 5.32 Å². The van der Waals surface area contributed by atoms with E-state index in [0.717, 1.165) is 41.8 Å². The van der Waals surface area contributed by atoms with Gasteiger partial charge in [0.25, 0.3) is 5.91 Å². The second-order valence-electron chi connectivity index (χ2n) is 8.47. The molecule has 1 heterocycles. The molecule has 3 aromatic carbocycles. The highest BCUT2D eigenvalue weighted by atomic mass is 16.5. The molecule has 1 fully saturated rings. The van der Waals surface area contributed by atoms with E-state index < -0.39 is 0 Å². The van der Waals surface area contributed by atoms with Gasteiger partial charge in [-0.3, -0.25) is 9.59 Å². The van der Waals surface area contributed by atoms with E-state index in [2.05, 4.69) is 5.32 Å². The Balaban J connectivity index is 1.48. The van der Waals surface area contributed by atoms with Crippen LogP contribution >= 0.6 is 0 Å². The number of aryl methyl sites for hydroxylation is 1. The van der Waals surface area contributed by atoms with Crippen LogP contribution in [-0.2, 0) is 22.5 Å². The van der Waals surface area contributed by atoms with Crippen molar-refractivity contribution < 1.29 is 14.3 Å². The van der Waals surface area contributed by atoms with Gasteiger partial charge in [0.05, 0.1) is 19.1 Å². The summed E-state index contributed by atoms with van der Waals surface area (Å²) >= 11 is 0. The second kappa shape index (κ2) is 10.9. The molecule has 4 rings (SSSR count). The summed E-state index contributed by atoms with van der Waals surface area (Å²) in [5, 5.41) is 2.96. The van der Waals surface area contributed by atoms with Crippen molar-refractivity contribution in [3.05, 3.63) is 101 Å². The quantitative estimate of drug-likeness (QED) is 0.551. The van der Waals surface area contributed by atoms with Gasteiger partial charge in [-0.05, 0) is 54.7 Å². The Hall–Kier alpha value is -3.44. The van der Waals surface area contributed by atoms with Gasteiger partial charge in [0.1, 0.15) is 0 Å². The predicted molar refractivity (Wildman–Crippen MR) is 130 cm³/mol. The molecule has 5 nitrogen and oxygen atoms in total. The van der Waals surface area contributed by atoms with E-state index >= 15 is 0 Å². The lowest BCUT2D eigenvalue weighted by molar-refractivity contribution is -0.120. The first-order valence-corrected chi connectivity index (χ1v) is 11.5. The van der Waals surface area contributed by atoms with Gasteiger partial charge in [-0.25, -0.2) is 0 Å². The van der Waals surface area contributed by atoms with Crippen molar-refractivity contribution in [1.29, 1.82) is 0 Å². The molecule has 1 aliphatic rings. The van der Waals surface area contributed by atoms with Crippen LogP contribution < -0.4 is 10.2 Å².